The quantitative estimate of drug-likeness (QED) is 0.724. The predicted octanol–water partition coefficient (Wildman–Crippen LogP) is 2.22. The molecule has 0 amide bonds. The molecule has 0 bridgehead atoms. The molecule has 0 aromatic carbocycles. The normalized spacial score (nSPS) is 18.7. The van der Waals surface area contributed by atoms with Crippen LogP contribution in [0.5, 0.6) is 5.88 Å². The number of aliphatic hydroxyl groups is 1. The van der Waals surface area contributed by atoms with Crippen LogP contribution in [-0.2, 0) is 0 Å². The largest absolute Gasteiger partial charge is 0.476 e. The van der Waals surface area contributed by atoms with Crippen molar-refractivity contribution in [1.82, 2.24) is 19.5 Å². The Balaban J connectivity index is 1.77. The predicted molar refractivity (Wildman–Crippen MR) is 88.8 cm³/mol. The second-order valence-corrected chi connectivity index (χ2v) is 5.91. The highest BCUT2D eigenvalue weighted by atomic mass is 16.5. The van der Waals surface area contributed by atoms with Gasteiger partial charge in [-0.25, -0.2) is 4.98 Å². The van der Waals surface area contributed by atoms with Gasteiger partial charge in [-0.05, 0) is 18.4 Å². The molecular formula is C16H23N5O2. The van der Waals surface area contributed by atoms with E-state index in [0.717, 1.165) is 19.3 Å². The van der Waals surface area contributed by atoms with Crippen LogP contribution in [-0.4, -0.2) is 37.8 Å². The fourth-order valence-electron chi connectivity index (χ4n) is 2.54. The molecule has 2 aromatic heterocycles. The van der Waals surface area contributed by atoms with E-state index in [0.29, 0.717) is 23.7 Å². The molecule has 3 rings (SSSR count). The molecule has 2 aromatic rings. The average molecular weight is 317 g/mol. The number of ether oxygens (including phenoxy) is 1. The third kappa shape index (κ3) is 3.61. The van der Waals surface area contributed by atoms with Crippen LogP contribution in [0.1, 0.15) is 39.0 Å². The summed E-state index contributed by atoms with van der Waals surface area (Å²) in [5, 5.41) is 9.13. The lowest BCUT2D eigenvalue weighted by atomic mass is 10.2. The summed E-state index contributed by atoms with van der Waals surface area (Å²) in [5.74, 6) is 0.882. The van der Waals surface area contributed by atoms with E-state index in [-0.39, 0.29) is 18.5 Å². The SMILES string of the molecule is CCCCCCOc1nc(N)nc2c1ncn2/C=C1/C[C@@H]1CO. The number of fused-ring (bicyclic) bond motifs is 1. The highest BCUT2D eigenvalue weighted by molar-refractivity contribution is 5.79. The maximum Gasteiger partial charge on any atom is 0.247 e. The zero-order valence-electron chi connectivity index (χ0n) is 13.4. The molecule has 0 radical (unpaired) electrons. The topological polar surface area (TPSA) is 99.1 Å². The third-order valence-electron chi connectivity index (χ3n) is 4.02. The zero-order valence-corrected chi connectivity index (χ0v) is 13.4. The van der Waals surface area contributed by atoms with Gasteiger partial charge in [0.05, 0.1) is 6.61 Å². The second kappa shape index (κ2) is 6.95. The van der Waals surface area contributed by atoms with Gasteiger partial charge in [0.15, 0.2) is 11.2 Å². The van der Waals surface area contributed by atoms with Crippen molar-refractivity contribution in [3.63, 3.8) is 0 Å². The van der Waals surface area contributed by atoms with Crippen LogP contribution in [0.25, 0.3) is 17.4 Å². The molecule has 1 fully saturated rings. The van der Waals surface area contributed by atoms with Gasteiger partial charge in [-0.1, -0.05) is 26.2 Å². The van der Waals surface area contributed by atoms with Crippen LogP contribution < -0.4 is 10.5 Å². The highest BCUT2D eigenvalue weighted by Crippen LogP contribution is 2.38. The first-order chi connectivity index (χ1) is 11.2. The minimum atomic E-state index is 0.177. The van der Waals surface area contributed by atoms with E-state index >= 15 is 0 Å². The van der Waals surface area contributed by atoms with E-state index in [1.54, 1.807) is 6.33 Å². The molecule has 7 nitrogen and oxygen atoms in total. The maximum absolute atomic E-state index is 9.13. The van der Waals surface area contributed by atoms with E-state index in [2.05, 4.69) is 21.9 Å². The van der Waals surface area contributed by atoms with Crippen molar-refractivity contribution in [3.8, 4) is 5.88 Å². The number of hydrogen-bond donors (Lipinski definition) is 2. The summed E-state index contributed by atoms with van der Waals surface area (Å²) >= 11 is 0. The Bertz CT molecular complexity index is 710. The average Bonchev–Trinajstić information content (AvgIpc) is 3.18. The first-order valence-electron chi connectivity index (χ1n) is 8.17. The zero-order chi connectivity index (χ0) is 16.2. The van der Waals surface area contributed by atoms with Gasteiger partial charge in [0.1, 0.15) is 6.33 Å². The number of rotatable bonds is 8. The number of aromatic nitrogens is 4. The molecular weight excluding hydrogens is 294 g/mol. The molecule has 0 unspecified atom stereocenters. The number of anilines is 1. The third-order valence-corrected chi connectivity index (χ3v) is 4.02. The van der Waals surface area contributed by atoms with E-state index in [9.17, 15) is 0 Å². The molecule has 2 heterocycles. The lowest BCUT2D eigenvalue weighted by molar-refractivity contribution is 0.281. The Labute approximate surface area is 135 Å². The smallest absolute Gasteiger partial charge is 0.247 e. The summed E-state index contributed by atoms with van der Waals surface area (Å²) in [5.41, 5.74) is 8.24. The van der Waals surface area contributed by atoms with Crippen LogP contribution in [0.2, 0.25) is 0 Å². The van der Waals surface area contributed by atoms with Crippen molar-refractivity contribution in [2.75, 3.05) is 18.9 Å². The Morgan fingerprint density at radius 2 is 2.26 bits per heavy atom. The minimum absolute atomic E-state index is 0.177. The number of nitrogens with zero attached hydrogens (tertiary/aromatic N) is 4. The van der Waals surface area contributed by atoms with Gasteiger partial charge in [0.25, 0.3) is 0 Å². The van der Waals surface area contributed by atoms with Crippen molar-refractivity contribution in [3.05, 3.63) is 11.9 Å². The molecule has 7 heteroatoms. The Morgan fingerprint density at radius 1 is 1.39 bits per heavy atom. The number of imidazole rings is 1. The molecule has 0 saturated heterocycles. The van der Waals surface area contributed by atoms with E-state index in [1.165, 1.54) is 18.4 Å². The summed E-state index contributed by atoms with van der Waals surface area (Å²) in [4.78, 5) is 12.8. The first-order valence-corrected chi connectivity index (χ1v) is 8.17. The minimum Gasteiger partial charge on any atom is -0.476 e. The van der Waals surface area contributed by atoms with Gasteiger partial charge >= 0.3 is 0 Å². The Morgan fingerprint density at radius 3 is 3.00 bits per heavy atom. The monoisotopic (exact) mass is 317 g/mol. The number of nitrogens with two attached hydrogens (primary N) is 1. The Hall–Kier alpha value is -2.15. The highest BCUT2D eigenvalue weighted by Gasteiger charge is 2.29. The lowest BCUT2D eigenvalue weighted by Crippen LogP contribution is -2.04. The van der Waals surface area contributed by atoms with Gasteiger partial charge in [0.2, 0.25) is 11.8 Å². The summed E-state index contributed by atoms with van der Waals surface area (Å²) in [6, 6.07) is 0. The second-order valence-electron chi connectivity index (χ2n) is 5.91. The molecule has 3 N–H and O–H groups in total. The van der Waals surface area contributed by atoms with Gasteiger partial charge in [-0.3, -0.25) is 4.57 Å². The number of aliphatic hydroxyl groups excluding tert-OH is 1. The van der Waals surface area contributed by atoms with Crippen molar-refractivity contribution in [1.29, 1.82) is 0 Å². The van der Waals surface area contributed by atoms with E-state index in [4.69, 9.17) is 15.6 Å². The van der Waals surface area contributed by atoms with Gasteiger partial charge < -0.3 is 15.6 Å². The Kier molecular flexibility index (Phi) is 4.76. The standard InChI is InChI=1S/C16H23N5O2/c1-2-3-4-5-6-23-15-13-14(19-16(17)20-15)21(10-18-13)8-11-7-12(11)9-22/h8,10,12,22H,2-7,9H2,1H3,(H2,17,19,20)/b11-8-/t12-/m1/s1. The van der Waals surface area contributed by atoms with Crippen molar-refractivity contribution in [2.24, 2.45) is 5.92 Å². The number of unbranched alkanes of at least 4 members (excludes halogenated alkanes) is 3. The molecule has 0 aliphatic heterocycles. The van der Waals surface area contributed by atoms with Crippen LogP contribution >= 0.6 is 0 Å². The summed E-state index contributed by atoms with van der Waals surface area (Å²) in [6.07, 6.45) is 9.08. The van der Waals surface area contributed by atoms with Gasteiger partial charge in [0, 0.05) is 18.7 Å². The number of hydrogen-bond acceptors (Lipinski definition) is 6. The van der Waals surface area contributed by atoms with E-state index in [1.807, 2.05) is 10.8 Å². The fraction of sp³-hybridized carbons (Fsp3) is 0.562. The van der Waals surface area contributed by atoms with Gasteiger partial charge in [-0.2, -0.15) is 9.97 Å². The van der Waals surface area contributed by atoms with Crippen molar-refractivity contribution in [2.45, 2.75) is 39.0 Å². The summed E-state index contributed by atoms with van der Waals surface area (Å²) in [7, 11) is 0. The molecule has 1 saturated carbocycles. The first kappa shape index (κ1) is 15.7. The molecule has 0 spiro atoms. The lowest BCUT2D eigenvalue weighted by Gasteiger charge is -2.06. The number of nitrogen functional groups attached to an aromatic ring is 1. The molecule has 1 atom stereocenters. The van der Waals surface area contributed by atoms with Crippen molar-refractivity contribution < 1.29 is 9.84 Å². The molecule has 1 aliphatic rings. The van der Waals surface area contributed by atoms with Crippen LogP contribution in [0.15, 0.2) is 11.9 Å². The van der Waals surface area contributed by atoms with Crippen LogP contribution in [0.4, 0.5) is 5.95 Å². The fourth-order valence-corrected chi connectivity index (χ4v) is 2.54. The summed E-state index contributed by atoms with van der Waals surface area (Å²) in [6.45, 7) is 2.96. The van der Waals surface area contributed by atoms with E-state index < -0.39 is 0 Å². The van der Waals surface area contributed by atoms with Crippen LogP contribution in [0, 0.1) is 5.92 Å². The summed E-state index contributed by atoms with van der Waals surface area (Å²) < 4.78 is 7.58. The van der Waals surface area contributed by atoms with Gasteiger partial charge in [-0.15, -0.1) is 0 Å². The molecule has 23 heavy (non-hydrogen) atoms. The maximum atomic E-state index is 9.13. The molecule has 1 aliphatic carbocycles. The van der Waals surface area contributed by atoms with Crippen molar-refractivity contribution >= 4 is 23.3 Å². The molecule has 124 valence electrons. The van der Waals surface area contributed by atoms with Crippen LogP contribution in [0.3, 0.4) is 0 Å².